The quantitative estimate of drug-likeness (QED) is 0.646. The van der Waals surface area contributed by atoms with Gasteiger partial charge in [0.1, 0.15) is 0 Å². The Hall–Kier alpha value is -0.380. The zero-order valence-corrected chi connectivity index (χ0v) is 7.87. The molecule has 0 rings (SSSR count). The van der Waals surface area contributed by atoms with Crippen molar-refractivity contribution in [1.29, 1.82) is 0 Å². The van der Waals surface area contributed by atoms with Crippen molar-refractivity contribution >= 4 is 17.9 Å². The van der Waals surface area contributed by atoms with Crippen molar-refractivity contribution in [3.8, 4) is 0 Å². The number of amides is 1. The Kier molecular flexibility index (Phi) is 7.46. The number of hydrogen-bond donors (Lipinski definition) is 1. The van der Waals surface area contributed by atoms with Crippen LogP contribution in [-0.2, 0) is 4.74 Å². The maximum atomic E-state index is 10.7. The molecule has 0 unspecified atom stereocenters. The lowest BCUT2D eigenvalue weighted by atomic mass is 10.5. The number of carbonyl (C=O) groups excluding carboxylic acids is 1. The first kappa shape index (κ1) is 10.6. The van der Waals surface area contributed by atoms with Gasteiger partial charge in [-0.1, -0.05) is 0 Å². The van der Waals surface area contributed by atoms with Gasteiger partial charge in [0.15, 0.2) is 0 Å². The summed E-state index contributed by atoms with van der Waals surface area (Å²) in [5.74, 6) is 1.08. The second-order valence-electron chi connectivity index (χ2n) is 1.99. The van der Waals surface area contributed by atoms with Crippen LogP contribution in [0.2, 0.25) is 0 Å². The van der Waals surface area contributed by atoms with Gasteiger partial charge in [-0.2, -0.15) is 11.8 Å². The van der Waals surface area contributed by atoms with Crippen LogP contribution in [0, 0.1) is 0 Å². The Labute approximate surface area is 71.9 Å². The van der Waals surface area contributed by atoms with Gasteiger partial charge >= 0.3 is 6.09 Å². The summed E-state index contributed by atoms with van der Waals surface area (Å²) in [5, 5.41) is 2.64. The van der Waals surface area contributed by atoms with Gasteiger partial charge in [-0.15, -0.1) is 0 Å². The van der Waals surface area contributed by atoms with E-state index in [0.717, 1.165) is 12.2 Å². The second-order valence-corrected chi connectivity index (χ2v) is 2.98. The van der Waals surface area contributed by atoms with E-state index < -0.39 is 0 Å². The van der Waals surface area contributed by atoms with Crippen molar-refractivity contribution in [2.45, 2.75) is 13.3 Å². The zero-order valence-electron chi connectivity index (χ0n) is 7.05. The monoisotopic (exact) mass is 177 g/mol. The smallest absolute Gasteiger partial charge is 0.407 e. The van der Waals surface area contributed by atoms with Crippen LogP contribution >= 0.6 is 11.8 Å². The highest BCUT2D eigenvalue weighted by atomic mass is 32.2. The number of alkyl carbamates (subject to hydrolysis) is 1. The molecule has 0 aromatic heterocycles. The van der Waals surface area contributed by atoms with Crippen molar-refractivity contribution in [3.05, 3.63) is 0 Å². The van der Waals surface area contributed by atoms with E-state index in [-0.39, 0.29) is 6.09 Å². The molecule has 0 saturated carbocycles. The van der Waals surface area contributed by atoms with Gasteiger partial charge in [-0.05, 0) is 25.4 Å². The standard InChI is InChI=1S/C7H15NO2S/c1-3-10-7(9)8-5-4-6-11-2/h3-6H2,1-2H3,(H,8,9). The molecule has 0 aliphatic heterocycles. The molecule has 11 heavy (non-hydrogen) atoms. The molecule has 0 bridgehead atoms. The average Bonchev–Trinajstić information content (AvgIpc) is 1.99. The van der Waals surface area contributed by atoms with Crippen molar-refractivity contribution in [3.63, 3.8) is 0 Å². The Morgan fingerprint density at radius 3 is 2.91 bits per heavy atom. The number of carbonyl (C=O) groups is 1. The van der Waals surface area contributed by atoms with Gasteiger partial charge in [0.2, 0.25) is 0 Å². The molecular formula is C7H15NO2S. The minimum absolute atomic E-state index is 0.311. The first-order chi connectivity index (χ1) is 5.31. The largest absolute Gasteiger partial charge is 0.450 e. The summed E-state index contributed by atoms with van der Waals surface area (Å²) >= 11 is 1.77. The first-order valence-corrected chi connectivity index (χ1v) is 5.10. The van der Waals surface area contributed by atoms with E-state index >= 15 is 0 Å². The van der Waals surface area contributed by atoms with Gasteiger partial charge < -0.3 is 10.1 Å². The molecule has 1 amide bonds. The molecule has 0 radical (unpaired) electrons. The molecule has 0 fully saturated rings. The summed E-state index contributed by atoms with van der Waals surface area (Å²) in [6.07, 6.45) is 2.73. The van der Waals surface area contributed by atoms with E-state index in [0.29, 0.717) is 13.2 Å². The maximum Gasteiger partial charge on any atom is 0.407 e. The summed E-state index contributed by atoms with van der Waals surface area (Å²) in [6.45, 7) is 2.94. The third-order valence-corrected chi connectivity index (χ3v) is 1.77. The lowest BCUT2D eigenvalue weighted by Gasteiger charge is -2.03. The van der Waals surface area contributed by atoms with E-state index in [1.807, 2.05) is 6.26 Å². The SMILES string of the molecule is CCOC(=O)NCCCSC. The fraction of sp³-hybridized carbons (Fsp3) is 0.857. The summed E-state index contributed by atoms with van der Waals surface area (Å²) < 4.78 is 4.67. The van der Waals surface area contributed by atoms with Crippen LogP contribution in [0.15, 0.2) is 0 Å². The summed E-state index contributed by atoms with van der Waals surface area (Å²) in [6, 6.07) is 0. The minimum Gasteiger partial charge on any atom is -0.450 e. The summed E-state index contributed by atoms with van der Waals surface area (Å²) in [4.78, 5) is 10.7. The number of rotatable bonds is 5. The number of nitrogens with one attached hydrogen (secondary N) is 1. The summed E-state index contributed by atoms with van der Waals surface area (Å²) in [7, 11) is 0. The van der Waals surface area contributed by atoms with Crippen LogP contribution in [0.1, 0.15) is 13.3 Å². The van der Waals surface area contributed by atoms with E-state index in [2.05, 4.69) is 10.1 Å². The van der Waals surface area contributed by atoms with Crippen LogP contribution in [0.4, 0.5) is 4.79 Å². The predicted octanol–water partition coefficient (Wildman–Crippen LogP) is 1.49. The van der Waals surface area contributed by atoms with Crippen molar-refractivity contribution < 1.29 is 9.53 Å². The Morgan fingerprint density at radius 1 is 1.64 bits per heavy atom. The van der Waals surface area contributed by atoms with Gasteiger partial charge in [-0.25, -0.2) is 4.79 Å². The van der Waals surface area contributed by atoms with Crippen molar-refractivity contribution in [1.82, 2.24) is 5.32 Å². The lowest BCUT2D eigenvalue weighted by Crippen LogP contribution is -2.25. The highest BCUT2D eigenvalue weighted by Gasteiger charge is 1.96. The molecule has 0 saturated heterocycles. The van der Waals surface area contributed by atoms with Crippen molar-refractivity contribution in [2.24, 2.45) is 0 Å². The topological polar surface area (TPSA) is 38.3 Å². The molecular weight excluding hydrogens is 162 g/mol. The first-order valence-electron chi connectivity index (χ1n) is 3.70. The average molecular weight is 177 g/mol. The van der Waals surface area contributed by atoms with E-state index in [1.54, 1.807) is 18.7 Å². The molecule has 0 aromatic rings. The fourth-order valence-electron chi connectivity index (χ4n) is 0.589. The van der Waals surface area contributed by atoms with Crippen molar-refractivity contribution in [2.75, 3.05) is 25.2 Å². The molecule has 0 atom stereocenters. The minimum atomic E-state index is -0.311. The molecule has 0 aliphatic carbocycles. The molecule has 4 heteroatoms. The predicted molar refractivity (Wildman–Crippen MR) is 48.0 cm³/mol. The maximum absolute atomic E-state index is 10.7. The molecule has 66 valence electrons. The Balaban J connectivity index is 3.04. The van der Waals surface area contributed by atoms with E-state index in [9.17, 15) is 4.79 Å². The normalized spacial score (nSPS) is 9.27. The number of thioether (sulfide) groups is 1. The summed E-state index contributed by atoms with van der Waals surface area (Å²) in [5.41, 5.74) is 0. The van der Waals surface area contributed by atoms with Crippen LogP contribution in [0.25, 0.3) is 0 Å². The number of hydrogen-bond acceptors (Lipinski definition) is 3. The number of ether oxygens (including phenoxy) is 1. The molecule has 0 aliphatic rings. The van der Waals surface area contributed by atoms with Gasteiger partial charge in [0.25, 0.3) is 0 Å². The molecule has 0 heterocycles. The molecule has 3 nitrogen and oxygen atoms in total. The molecule has 1 N–H and O–H groups in total. The lowest BCUT2D eigenvalue weighted by molar-refractivity contribution is 0.152. The highest BCUT2D eigenvalue weighted by Crippen LogP contribution is 1.93. The van der Waals surface area contributed by atoms with Gasteiger partial charge in [-0.3, -0.25) is 0 Å². The molecule has 0 aromatic carbocycles. The van der Waals surface area contributed by atoms with Crippen LogP contribution in [0.3, 0.4) is 0 Å². The van der Waals surface area contributed by atoms with Crippen LogP contribution in [0.5, 0.6) is 0 Å². The second kappa shape index (κ2) is 7.72. The van der Waals surface area contributed by atoms with E-state index in [4.69, 9.17) is 0 Å². The molecule has 0 spiro atoms. The van der Waals surface area contributed by atoms with Gasteiger partial charge in [0, 0.05) is 6.54 Å². The fourth-order valence-corrected chi connectivity index (χ4v) is 1.02. The third kappa shape index (κ3) is 7.52. The van der Waals surface area contributed by atoms with Crippen LogP contribution in [-0.4, -0.2) is 31.3 Å². The van der Waals surface area contributed by atoms with E-state index in [1.165, 1.54) is 0 Å². The Bertz CT molecular complexity index is 109. The zero-order chi connectivity index (χ0) is 8.53. The van der Waals surface area contributed by atoms with Crippen LogP contribution < -0.4 is 5.32 Å². The Morgan fingerprint density at radius 2 is 2.36 bits per heavy atom. The van der Waals surface area contributed by atoms with Gasteiger partial charge in [0.05, 0.1) is 6.61 Å². The third-order valence-electron chi connectivity index (χ3n) is 1.07. The highest BCUT2D eigenvalue weighted by molar-refractivity contribution is 7.98.